The molecule has 0 spiro atoms. The van der Waals surface area contributed by atoms with Crippen LogP contribution < -0.4 is 21.5 Å². The number of hydrogen-bond donors (Lipinski definition) is 4. The van der Waals surface area contributed by atoms with Crippen LogP contribution in [0.2, 0.25) is 0 Å². The number of aromatic nitrogens is 4. The van der Waals surface area contributed by atoms with Gasteiger partial charge in [-0.15, -0.1) is 0 Å². The second-order valence-electron chi connectivity index (χ2n) is 10.8. The number of anilines is 6. The summed E-state index contributed by atoms with van der Waals surface area (Å²) in [6.45, 7) is 5.72. The Bertz CT molecular complexity index is 1920. The average Bonchev–Trinajstić information content (AvgIpc) is 3.11. The van der Waals surface area contributed by atoms with E-state index in [4.69, 9.17) is 4.74 Å². The molecule has 2 aromatic heterocycles. The molecule has 0 saturated carbocycles. The summed E-state index contributed by atoms with van der Waals surface area (Å²) in [5.41, 5.74) is 13.4. The van der Waals surface area contributed by atoms with E-state index in [0.29, 0.717) is 37.9 Å². The Labute approximate surface area is 317 Å². The van der Waals surface area contributed by atoms with Gasteiger partial charge >= 0.3 is 0 Å². The van der Waals surface area contributed by atoms with Crippen LogP contribution in [0.4, 0.5) is 34.4 Å². The molecule has 0 fully saturated rings. The SMILES string of the molecule is Cc1cccc(Nc2ncnc3ccc(NN=NCCOCCN=NNc4ccc5ncnc(Nc6cccc(C)c6)c5c4)cc23)c1.ICI. The van der Waals surface area contributed by atoms with Crippen molar-refractivity contribution in [3.05, 3.63) is 109 Å². The summed E-state index contributed by atoms with van der Waals surface area (Å²) in [6, 6.07) is 27.7. The maximum absolute atomic E-state index is 5.60. The second-order valence-corrected chi connectivity index (χ2v) is 15.2. The molecule has 0 bridgehead atoms. The molecule has 6 aromatic rings. The number of alkyl halides is 2. The predicted octanol–water partition coefficient (Wildman–Crippen LogP) is 9.77. The van der Waals surface area contributed by atoms with Gasteiger partial charge in [0, 0.05) is 22.1 Å². The standard InChI is InChI=1S/C34H34N12O.CH2I2/c1-23-5-3-7-25(17-23)41-33-29-19-27(9-11-31(29)35-21-37-33)43-45-39-13-15-47-16-14-40-46-44-28-10-12-32-30(20-28)34(38-22-36-32)42-26-8-4-6-24(2)18-26;2-1-3/h3-12,17-22H,13-16H2,1-2H3,(H,39,43)(H,40,44)(H,35,37,41)(H,36,38,42);1H2. The third kappa shape index (κ3) is 11.2. The summed E-state index contributed by atoms with van der Waals surface area (Å²) in [7, 11) is 0. The van der Waals surface area contributed by atoms with Crippen LogP contribution in [0, 0.1) is 13.8 Å². The lowest BCUT2D eigenvalue weighted by Gasteiger charge is -2.10. The Balaban J connectivity index is 0.00000156. The highest BCUT2D eigenvalue weighted by molar-refractivity contribution is 14.2. The molecule has 2 heterocycles. The van der Waals surface area contributed by atoms with Crippen molar-refractivity contribution in [1.29, 1.82) is 0 Å². The normalized spacial score (nSPS) is 11.1. The minimum atomic E-state index is 0.400. The number of halogens is 2. The predicted molar refractivity (Wildman–Crippen MR) is 218 cm³/mol. The van der Waals surface area contributed by atoms with Crippen LogP contribution in [-0.2, 0) is 4.74 Å². The van der Waals surface area contributed by atoms with Gasteiger partial charge in [-0.2, -0.15) is 10.2 Å². The minimum Gasteiger partial charge on any atom is -0.377 e. The van der Waals surface area contributed by atoms with Crippen LogP contribution in [0.25, 0.3) is 21.8 Å². The summed E-state index contributed by atoms with van der Waals surface area (Å²) in [6.07, 6.45) is 3.10. The molecule has 13 nitrogen and oxygen atoms in total. The lowest BCUT2D eigenvalue weighted by Crippen LogP contribution is -2.02. The molecule has 50 heavy (non-hydrogen) atoms. The molecule has 4 N–H and O–H groups in total. The van der Waals surface area contributed by atoms with Crippen molar-refractivity contribution in [2.45, 2.75) is 13.8 Å². The van der Waals surface area contributed by atoms with Gasteiger partial charge in [0.15, 0.2) is 0 Å². The van der Waals surface area contributed by atoms with Crippen molar-refractivity contribution in [2.75, 3.05) is 50.2 Å². The molecule has 0 radical (unpaired) electrons. The van der Waals surface area contributed by atoms with E-state index in [9.17, 15) is 0 Å². The smallest absolute Gasteiger partial charge is 0.141 e. The molecule has 0 aliphatic rings. The Morgan fingerprint density at radius 3 is 1.48 bits per heavy atom. The zero-order valence-electron chi connectivity index (χ0n) is 27.5. The van der Waals surface area contributed by atoms with Gasteiger partial charge in [-0.25, -0.2) is 19.9 Å². The van der Waals surface area contributed by atoms with Crippen LogP contribution in [0.1, 0.15) is 11.1 Å². The van der Waals surface area contributed by atoms with Gasteiger partial charge < -0.3 is 15.4 Å². The Morgan fingerprint density at radius 2 is 1.04 bits per heavy atom. The number of benzene rings is 4. The molecular weight excluding hydrogens is 858 g/mol. The summed E-state index contributed by atoms with van der Waals surface area (Å²) in [5, 5.41) is 24.9. The van der Waals surface area contributed by atoms with Gasteiger partial charge in [0.25, 0.3) is 0 Å². The number of nitrogens with zero attached hydrogens (tertiary/aromatic N) is 8. The van der Waals surface area contributed by atoms with Crippen LogP contribution in [0.5, 0.6) is 0 Å². The van der Waals surface area contributed by atoms with E-state index in [1.54, 1.807) is 12.7 Å². The summed E-state index contributed by atoms with van der Waals surface area (Å²) < 4.78 is 6.79. The highest BCUT2D eigenvalue weighted by atomic mass is 127. The first-order valence-electron chi connectivity index (χ1n) is 15.6. The number of ether oxygens (including phenoxy) is 1. The Morgan fingerprint density at radius 1 is 0.580 bits per heavy atom. The van der Waals surface area contributed by atoms with Crippen LogP contribution in [-0.4, -0.2) is 48.7 Å². The summed E-state index contributed by atoms with van der Waals surface area (Å²) in [5.74, 6) is 1.43. The number of hydrogen-bond acceptors (Lipinski definition) is 11. The van der Waals surface area contributed by atoms with E-state index < -0.39 is 0 Å². The van der Waals surface area contributed by atoms with E-state index in [1.165, 1.54) is 2.43 Å². The quantitative estimate of drug-likeness (QED) is 0.0275. The highest BCUT2D eigenvalue weighted by Crippen LogP contribution is 2.27. The van der Waals surface area contributed by atoms with Crippen molar-refractivity contribution < 1.29 is 4.74 Å². The van der Waals surface area contributed by atoms with Crippen LogP contribution in [0.15, 0.2) is 118 Å². The minimum absolute atomic E-state index is 0.400. The van der Waals surface area contributed by atoms with E-state index in [1.807, 2.05) is 60.7 Å². The molecule has 0 aliphatic heterocycles. The van der Waals surface area contributed by atoms with Gasteiger partial charge in [0.2, 0.25) is 0 Å². The van der Waals surface area contributed by atoms with Crippen molar-refractivity contribution in [1.82, 2.24) is 19.9 Å². The largest absolute Gasteiger partial charge is 0.377 e. The monoisotopic (exact) mass is 894 g/mol. The van der Waals surface area contributed by atoms with Gasteiger partial charge in [-0.1, -0.05) is 79.9 Å². The molecule has 0 amide bonds. The first-order chi connectivity index (χ1) is 24.5. The molecule has 15 heteroatoms. The average molecular weight is 895 g/mol. The summed E-state index contributed by atoms with van der Waals surface area (Å²) in [4.78, 5) is 17.6. The van der Waals surface area contributed by atoms with Crippen molar-refractivity contribution in [3.8, 4) is 0 Å². The molecule has 6 rings (SSSR count). The van der Waals surface area contributed by atoms with Gasteiger partial charge in [-0.05, 0) is 85.6 Å². The second kappa shape index (κ2) is 19.5. The lowest BCUT2D eigenvalue weighted by atomic mass is 10.2. The lowest BCUT2D eigenvalue weighted by molar-refractivity contribution is 0.148. The maximum Gasteiger partial charge on any atom is 0.141 e. The third-order valence-corrected chi connectivity index (χ3v) is 7.00. The van der Waals surface area contributed by atoms with Gasteiger partial charge in [0.05, 0.1) is 51.1 Å². The van der Waals surface area contributed by atoms with Crippen LogP contribution in [0.3, 0.4) is 0 Å². The van der Waals surface area contributed by atoms with Crippen molar-refractivity contribution in [3.63, 3.8) is 0 Å². The molecule has 0 unspecified atom stereocenters. The third-order valence-electron chi connectivity index (χ3n) is 7.00. The van der Waals surface area contributed by atoms with E-state index in [-0.39, 0.29) is 0 Å². The highest BCUT2D eigenvalue weighted by Gasteiger charge is 2.07. The number of aryl methyl sites for hydroxylation is 2. The first-order valence-corrected chi connectivity index (χ1v) is 18.7. The number of nitrogens with one attached hydrogen (secondary N) is 4. The fraction of sp³-hybridized carbons (Fsp3) is 0.200. The number of rotatable bonds is 14. The number of fused-ring (bicyclic) bond motifs is 2. The van der Waals surface area contributed by atoms with Gasteiger partial charge in [-0.3, -0.25) is 10.9 Å². The molecular formula is C35H36I2N12O. The van der Waals surface area contributed by atoms with E-state index in [0.717, 1.165) is 55.7 Å². The molecule has 256 valence electrons. The molecule has 0 aliphatic carbocycles. The molecule has 0 atom stereocenters. The summed E-state index contributed by atoms with van der Waals surface area (Å²) >= 11 is 4.55. The first kappa shape index (κ1) is 36.7. The maximum atomic E-state index is 5.60. The van der Waals surface area contributed by atoms with Gasteiger partial charge in [0.1, 0.15) is 24.3 Å². The Kier molecular flexibility index (Phi) is 14.3. The fourth-order valence-corrected chi connectivity index (χ4v) is 4.77. The van der Waals surface area contributed by atoms with Crippen LogP contribution >= 0.6 is 45.2 Å². The zero-order chi connectivity index (χ0) is 35.0. The Hall–Kier alpha value is -4.62. The molecule has 0 saturated heterocycles. The van der Waals surface area contributed by atoms with Crippen molar-refractivity contribution in [2.24, 2.45) is 20.7 Å². The van der Waals surface area contributed by atoms with E-state index in [2.05, 4.69) is 145 Å². The van der Waals surface area contributed by atoms with E-state index >= 15 is 0 Å². The fourth-order valence-electron chi connectivity index (χ4n) is 4.77. The van der Waals surface area contributed by atoms with Crippen molar-refractivity contribution >= 4 is 101 Å². The molecule has 4 aromatic carbocycles. The zero-order valence-corrected chi connectivity index (χ0v) is 31.8. The topological polar surface area (TPSA) is 158 Å².